The van der Waals surface area contributed by atoms with Crippen LogP contribution in [0, 0.1) is 11.8 Å². The van der Waals surface area contributed by atoms with Gasteiger partial charge >= 0.3 is 0 Å². The number of rotatable bonds is 4. The third-order valence-electron chi connectivity index (χ3n) is 4.12. The van der Waals surface area contributed by atoms with Gasteiger partial charge in [0.05, 0.1) is 5.69 Å². The van der Waals surface area contributed by atoms with E-state index in [1.165, 1.54) is 0 Å². The summed E-state index contributed by atoms with van der Waals surface area (Å²) in [6.45, 7) is 1.67. The first-order chi connectivity index (χ1) is 10.1. The summed E-state index contributed by atoms with van der Waals surface area (Å²) < 4.78 is 0. The Hall–Kier alpha value is -1.39. The second-order valence-corrected chi connectivity index (χ2v) is 6.12. The molecule has 0 saturated heterocycles. The summed E-state index contributed by atoms with van der Waals surface area (Å²) >= 11 is 5.84. The van der Waals surface area contributed by atoms with Crippen molar-refractivity contribution in [3.8, 4) is 0 Å². The Labute approximate surface area is 130 Å². The number of Topliss-reactive ketones (excluding diaryl/α,β-unsaturated/α-hetero) is 1. The molecule has 0 aliphatic heterocycles. The van der Waals surface area contributed by atoms with Crippen molar-refractivity contribution in [1.29, 1.82) is 0 Å². The van der Waals surface area contributed by atoms with Crippen molar-refractivity contribution in [2.24, 2.45) is 16.8 Å². The van der Waals surface area contributed by atoms with E-state index in [2.05, 4.69) is 10.5 Å². The van der Waals surface area contributed by atoms with E-state index in [1.54, 1.807) is 19.1 Å². The molecule has 1 saturated carbocycles. The molecule has 0 radical (unpaired) electrons. The minimum absolute atomic E-state index is 0.222. The number of ketones is 1. The number of benzene rings is 1. The summed E-state index contributed by atoms with van der Waals surface area (Å²) in [6, 6.07) is 7.17. The first-order valence-corrected chi connectivity index (χ1v) is 7.70. The fraction of sp³-hybridized carbons (Fsp3) is 0.500. The average molecular weight is 309 g/mol. The Balaban J connectivity index is 1.94. The number of carbonyl (C=O) groups excluding carboxylic acids is 1. The van der Waals surface area contributed by atoms with Gasteiger partial charge in [0.15, 0.2) is 0 Å². The van der Waals surface area contributed by atoms with Crippen molar-refractivity contribution in [1.82, 2.24) is 5.48 Å². The van der Waals surface area contributed by atoms with E-state index in [1.807, 2.05) is 12.1 Å². The molecule has 0 heterocycles. The van der Waals surface area contributed by atoms with E-state index in [0.29, 0.717) is 29.0 Å². The number of hydrogen-bond donors (Lipinski definition) is 2. The topological polar surface area (TPSA) is 61.7 Å². The summed E-state index contributed by atoms with van der Waals surface area (Å²) in [6.07, 6.45) is 4.60. The van der Waals surface area contributed by atoms with Crippen molar-refractivity contribution >= 4 is 28.9 Å². The largest absolute Gasteiger partial charge is 0.300 e. The maximum absolute atomic E-state index is 11.4. The van der Waals surface area contributed by atoms with Crippen LogP contribution in [0.3, 0.4) is 0 Å². The molecule has 0 aromatic heterocycles. The van der Waals surface area contributed by atoms with Gasteiger partial charge in [0.25, 0.3) is 0 Å². The summed E-state index contributed by atoms with van der Waals surface area (Å²) in [5.74, 6) is 1.54. The minimum atomic E-state index is 0.222. The van der Waals surface area contributed by atoms with E-state index in [9.17, 15) is 10.0 Å². The van der Waals surface area contributed by atoms with E-state index >= 15 is 0 Å². The highest BCUT2D eigenvalue weighted by Crippen LogP contribution is 2.31. The smallest absolute Gasteiger partial charge is 0.132 e. The highest BCUT2D eigenvalue weighted by molar-refractivity contribution is 6.30. The number of hydroxylamine groups is 1. The first-order valence-electron chi connectivity index (χ1n) is 7.32. The zero-order valence-corrected chi connectivity index (χ0v) is 12.9. The number of carbonyl (C=O) groups is 1. The molecule has 1 fully saturated rings. The third-order valence-corrected chi connectivity index (χ3v) is 4.38. The standard InChI is InChI=1S/C16H21ClN2O2/c1-11(20)13-4-2-12(3-5-13)10-16(19-21)18-15-8-6-14(17)7-9-15/h6-9,12-13,21H,2-5,10H2,1H3,(H,18,19). The van der Waals surface area contributed by atoms with Crippen LogP contribution in [-0.4, -0.2) is 16.8 Å². The van der Waals surface area contributed by atoms with E-state index in [0.717, 1.165) is 31.4 Å². The van der Waals surface area contributed by atoms with E-state index in [-0.39, 0.29) is 5.92 Å². The average Bonchev–Trinajstić information content (AvgIpc) is 2.49. The van der Waals surface area contributed by atoms with Crippen LogP contribution in [0.1, 0.15) is 39.0 Å². The van der Waals surface area contributed by atoms with Gasteiger partial charge in [-0.05, 0) is 62.8 Å². The summed E-state index contributed by atoms with van der Waals surface area (Å²) in [4.78, 5) is 15.8. The first kappa shape index (κ1) is 16.0. The Kier molecular flexibility index (Phi) is 5.76. The molecule has 2 rings (SSSR count). The van der Waals surface area contributed by atoms with Crippen molar-refractivity contribution in [3.63, 3.8) is 0 Å². The maximum Gasteiger partial charge on any atom is 0.132 e. The molecular weight excluding hydrogens is 288 g/mol. The zero-order chi connectivity index (χ0) is 15.2. The SMILES string of the molecule is CC(=O)C1CCC(CC(=Nc2ccc(Cl)cc2)NO)CC1. The maximum atomic E-state index is 11.4. The number of hydrogen-bond acceptors (Lipinski definition) is 3. The van der Waals surface area contributed by atoms with E-state index in [4.69, 9.17) is 11.6 Å². The Morgan fingerprint density at radius 2 is 1.90 bits per heavy atom. The molecule has 1 aliphatic rings. The predicted molar refractivity (Wildman–Crippen MR) is 84.2 cm³/mol. The van der Waals surface area contributed by atoms with Gasteiger partial charge in [-0.3, -0.25) is 15.5 Å². The molecule has 4 nitrogen and oxygen atoms in total. The van der Waals surface area contributed by atoms with Gasteiger partial charge in [-0.25, -0.2) is 4.99 Å². The quantitative estimate of drug-likeness (QED) is 0.499. The molecule has 0 unspecified atom stereocenters. The molecule has 1 aromatic carbocycles. The predicted octanol–water partition coefficient (Wildman–Crippen LogP) is 4.13. The monoisotopic (exact) mass is 308 g/mol. The summed E-state index contributed by atoms with van der Waals surface area (Å²) in [5, 5.41) is 9.91. The van der Waals surface area contributed by atoms with Gasteiger partial charge in [-0.15, -0.1) is 0 Å². The zero-order valence-electron chi connectivity index (χ0n) is 12.2. The van der Waals surface area contributed by atoms with Crippen molar-refractivity contribution in [3.05, 3.63) is 29.3 Å². The molecule has 1 aliphatic carbocycles. The second kappa shape index (κ2) is 7.57. The van der Waals surface area contributed by atoms with Gasteiger partial charge in [0, 0.05) is 17.4 Å². The molecule has 0 atom stereocenters. The number of nitrogens with one attached hydrogen (secondary N) is 1. The number of halogens is 1. The van der Waals surface area contributed by atoms with E-state index < -0.39 is 0 Å². The molecule has 114 valence electrons. The van der Waals surface area contributed by atoms with Gasteiger partial charge in [0.1, 0.15) is 11.6 Å². The molecular formula is C16H21ClN2O2. The van der Waals surface area contributed by atoms with Crippen LogP contribution >= 0.6 is 11.6 Å². The van der Waals surface area contributed by atoms with Crippen LogP contribution in [0.5, 0.6) is 0 Å². The van der Waals surface area contributed by atoms with Crippen LogP contribution in [0.15, 0.2) is 29.3 Å². The molecule has 0 spiro atoms. The summed E-state index contributed by atoms with van der Waals surface area (Å²) in [5.41, 5.74) is 2.95. The van der Waals surface area contributed by atoms with Crippen molar-refractivity contribution < 1.29 is 10.0 Å². The van der Waals surface area contributed by atoms with Crippen LogP contribution in [0.2, 0.25) is 5.02 Å². The normalized spacial score (nSPS) is 22.9. The lowest BCUT2D eigenvalue weighted by Crippen LogP contribution is -2.26. The van der Waals surface area contributed by atoms with Crippen LogP contribution in [0.25, 0.3) is 0 Å². The molecule has 0 bridgehead atoms. The lowest BCUT2D eigenvalue weighted by Gasteiger charge is -2.27. The minimum Gasteiger partial charge on any atom is -0.300 e. The summed E-state index contributed by atoms with van der Waals surface area (Å²) in [7, 11) is 0. The highest BCUT2D eigenvalue weighted by Gasteiger charge is 2.24. The molecule has 0 amide bonds. The van der Waals surface area contributed by atoms with Crippen LogP contribution in [0.4, 0.5) is 5.69 Å². The lowest BCUT2D eigenvalue weighted by atomic mass is 9.79. The molecule has 5 heteroatoms. The molecule has 2 N–H and O–H groups in total. The fourth-order valence-corrected chi connectivity index (χ4v) is 2.96. The van der Waals surface area contributed by atoms with Gasteiger partial charge in [0.2, 0.25) is 0 Å². The third kappa shape index (κ3) is 4.83. The van der Waals surface area contributed by atoms with Gasteiger partial charge in [-0.2, -0.15) is 0 Å². The second-order valence-electron chi connectivity index (χ2n) is 5.68. The van der Waals surface area contributed by atoms with Gasteiger partial charge in [-0.1, -0.05) is 11.6 Å². The van der Waals surface area contributed by atoms with Gasteiger partial charge < -0.3 is 0 Å². The van der Waals surface area contributed by atoms with Crippen LogP contribution in [-0.2, 0) is 4.79 Å². The van der Waals surface area contributed by atoms with Crippen molar-refractivity contribution in [2.75, 3.05) is 0 Å². The Bertz CT molecular complexity index is 506. The number of amidine groups is 1. The lowest BCUT2D eigenvalue weighted by molar-refractivity contribution is -0.121. The molecule has 21 heavy (non-hydrogen) atoms. The number of aliphatic imine (C=N–C) groups is 1. The fourth-order valence-electron chi connectivity index (χ4n) is 2.83. The Morgan fingerprint density at radius 1 is 1.29 bits per heavy atom. The number of nitrogens with zero attached hydrogens (tertiary/aromatic N) is 1. The highest BCUT2D eigenvalue weighted by atomic mass is 35.5. The Morgan fingerprint density at radius 3 is 2.43 bits per heavy atom. The van der Waals surface area contributed by atoms with Crippen LogP contribution < -0.4 is 5.48 Å². The van der Waals surface area contributed by atoms with Crippen molar-refractivity contribution in [2.45, 2.75) is 39.0 Å². The molecule has 1 aromatic rings.